The minimum atomic E-state index is 0.287. The second-order valence-corrected chi connectivity index (χ2v) is 6.91. The summed E-state index contributed by atoms with van der Waals surface area (Å²) in [6, 6.07) is 20.1. The third-order valence-corrected chi connectivity index (χ3v) is 5.13. The Balaban J connectivity index is 1.97. The lowest BCUT2D eigenvalue weighted by molar-refractivity contribution is 0.569. The lowest BCUT2D eigenvalue weighted by Gasteiger charge is -2.29. The Kier molecular flexibility index (Phi) is 3.51. The molecule has 0 radical (unpaired) electrons. The molecule has 0 amide bonds. The molecule has 3 aromatic rings. The smallest absolute Gasteiger partial charge is 0.0588 e. The van der Waals surface area contributed by atoms with Crippen molar-refractivity contribution in [1.82, 2.24) is 5.32 Å². The SMILES string of the molecule is Cc1ccc2cc(Br)ccc2c1C1NCCc2ccccc21. The summed E-state index contributed by atoms with van der Waals surface area (Å²) in [5.41, 5.74) is 5.66. The number of nitrogens with one attached hydrogen (secondary N) is 1. The van der Waals surface area contributed by atoms with Crippen LogP contribution in [0.3, 0.4) is 0 Å². The molecular formula is C20H18BrN. The Morgan fingerprint density at radius 3 is 2.82 bits per heavy atom. The Morgan fingerprint density at radius 1 is 1.05 bits per heavy atom. The first-order valence-electron chi connectivity index (χ1n) is 7.74. The van der Waals surface area contributed by atoms with Crippen LogP contribution >= 0.6 is 15.9 Å². The molecule has 1 aliphatic rings. The minimum absolute atomic E-state index is 0.287. The summed E-state index contributed by atoms with van der Waals surface area (Å²) in [5, 5.41) is 6.36. The van der Waals surface area contributed by atoms with Gasteiger partial charge in [-0.2, -0.15) is 0 Å². The Hall–Kier alpha value is -1.64. The topological polar surface area (TPSA) is 12.0 Å². The van der Waals surface area contributed by atoms with E-state index in [4.69, 9.17) is 0 Å². The molecule has 0 spiro atoms. The quantitative estimate of drug-likeness (QED) is 0.639. The lowest BCUT2D eigenvalue weighted by Crippen LogP contribution is -2.31. The highest BCUT2D eigenvalue weighted by Gasteiger charge is 2.23. The molecule has 2 heteroatoms. The third-order valence-electron chi connectivity index (χ3n) is 4.64. The zero-order chi connectivity index (χ0) is 15.1. The van der Waals surface area contributed by atoms with Crippen molar-refractivity contribution in [2.75, 3.05) is 6.54 Å². The lowest BCUT2D eigenvalue weighted by atomic mass is 9.85. The fourth-order valence-corrected chi connectivity index (χ4v) is 3.96. The average molecular weight is 352 g/mol. The monoisotopic (exact) mass is 351 g/mol. The van der Waals surface area contributed by atoms with Crippen molar-refractivity contribution in [1.29, 1.82) is 0 Å². The summed E-state index contributed by atoms with van der Waals surface area (Å²) in [6.07, 6.45) is 1.11. The molecule has 0 fully saturated rings. The average Bonchev–Trinajstić information content (AvgIpc) is 2.55. The summed E-state index contributed by atoms with van der Waals surface area (Å²) in [5.74, 6) is 0. The molecule has 0 saturated carbocycles. The molecule has 0 aliphatic carbocycles. The van der Waals surface area contributed by atoms with Crippen molar-refractivity contribution in [3.05, 3.63) is 81.3 Å². The predicted octanol–water partition coefficient (Wildman–Crippen LogP) is 5.15. The van der Waals surface area contributed by atoms with Crippen molar-refractivity contribution in [2.24, 2.45) is 0 Å². The van der Waals surface area contributed by atoms with Crippen molar-refractivity contribution >= 4 is 26.7 Å². The molecule has 22 heavy (non-hydrogen) atoms. The maximum absolute atomic E-state index is 3.73. The first kappa shape index (κ1) is 14.0. The third kappa shape index (κ3) is 2.27. The van der Waals surface area contributed by atoms with Gasteiger partial charge in [0.05, 0.1) is 6.04 Å². The molecular weight excluding hydrogens is 334 g/mol. The molecule has 1 aliphatic heterocycles. The van der Waals surface area contributed by atoms with Gasteiger partial charge >= 0.3 is 0 Å². The van der Waals surface area contributed by atoms with Gasteiger partial charge in [0.2, 0.25) is 0 Å². The van der Waals surface area contributed by atoms with Crippen LogP contribution in [0.1, 0.15) is 28.3 Å². The van der Waals surface area contributed by atoms with Crippen molar-refractivity contribution in [3.63, 3.8) is 0 Å². The van der Waals surface area contributed by atoms with Gasteiger partial charge in [-0.3, -0.25) is 0 Å². The van der Waals surface area contributed by atoms with Gasteiger partial charge in [-0.25, -0.2) is 0 Å². The summed E-state index contributed by atoms with van der Waals surface area (Å²) in [6.45, 7) is 3.25. The number of hydrogen-bond donors (Lipinski definition) is 1. The summed E-state index contributed by atoms with van der Waals surface area (Å²) in [7, 11) is 0. The Morgan fingerprint density at radius 2 is 1.91 bits per heavy atom. The van der Waals surface area contributed by atoms with Gasteiger partial charge < -0.3 is 5.32 Å². The van der Waals surface area contributed by atoms with Gasteiger partial charge in [0, 0.05) is 11.0 Å². The number of aryl methyl sites for hydroxylation is 1. The molecule has 1 unspecified atom stereocenters. The van der Waals surface area contributed by atoms with E-state index in [0.29, 0.717) is 0 Å². The molecule has 0 aromatic heterocycles. The van der Waals surface area contributed by atoms with E-state index in [1.54, 1.807) is 0 Å². The van der Waals surface area contributed by atoms with Crippen molar-refractivity contribution in [2.45, 2.75) is 19.4 Å². The van der Waals surface area contributed by atoms with Crippen molar-refractivity contribution in [3.8, 4) is 0 Å². The molecule has 0 saturated heterocycles. The van der Waals surface area contributed by atoms with Crippen LogP contribution in [0.2, 0.25) is 0 Å². The van der Waals surface area contributed by atoms with Crippen LogP contribution in [0.4, 0.5) is 0 Å². The van der Waals surface area contributed by atoms with E-state index in [9.17, 15) is 0 Å². The molecule has 110 valence electrons. The molecule has 1 nitrogen and oxygen atoms in total. The maximum atomic E-state index is 3.73. The van der Waals surface area contributed by atoms with Gasteiger partial charge in [-0.1, -0.05) is 58.4 Å². The summed E-state index contributed by atoms with van der Waals surface area (Å²) >= 11 is 3.58. The maximum Gasteiger partial charge on any atom is 0.0588 e. The highest BCUT2D eigenvalue weighted by molar-refractivity contribution is 9.10. The fraction of sp³-hybridized carbons (Fsp3) is 0.200. The van der Waals surface area contributed by atoms with E-state index < -0.39 is 0 Å². The molecule has 3 aromatic carbocycles. The molecule has 0 bridgehead atoms. The first-order valence-corrected chi connectivity index (χ1v) is 8.53. The number of rotatable bonds is 1. The Bertz CT molecular complexity index is 853. The van der Waals surface area contributed by atoms with E-state index >= 15 is 0 Å². The predicted molar refractivity (Wildman–Crippen MR) is 96.4 cm³/mol. The van der Waals surface area contributed by atoms with E-state index in [1.807, 2.05) is 0 Å². The number of benzene rings is 3. The fourth-order valence-electron chi connectivity index (χ4n) is 3.58. The van der Waals surface area contributed by atoms with Crippen LogP contribution in [-0.4, -0.2) is 6.54 Å². The highest BCUT2D eigenvalue weighted by Crippen LogP contribution is 2.35. The largest absolute Gasteiger partial charge is 0.306 e. The zero-order valence-corrected chi connectivity index (χ0v) is 14.2. The van der Waals surface area contributed by atoms with Gasteiger partial charge in [-0.15, -0.1) is 0 Å². The number of hydrogen-bond acceptors (Lipinski definition) is 1. The van der Waals surface area contributed by atoms with Crippen molar-refractivity contribution < 1.29 is 0 Å². The van der Waals surface area contributed by atoms with Gasteiger partial charge in [0.15, 0.2) is 0 Å². The van der Waals surface area contributed by atoms with Gasteiger partial charge in [-0.05, 0) is 58.5 Å². The summed E-state index contributed by atoms with van der Waals surface area (Å²) in [4.78, 5) is 0. The van der Waals surface area contributed by atoms with E-state index in [2.05, 4.69) is 82.8 Å². The van der Waals surface area contributed by atoms with Gasteiger partial charge in [0.1, 0.15) is 0 Å². The number of halogens is 1. The second kappa shape index (κ2) is 5.53. The molecule has 1 heterocycles. The first-order chi connectivity index (χ1) is 10.7. The van der Waals surface area contributed by atoms with Crippen LogP contribution in [-0.2, 0) is 6.42 Å². The second-order valence-electron chi connectivity index (χ2n) is 6.00. The van der Waals surface area contributed by atoms with E-state index in [1.165, 1.54) is 33.0 Å². The number of fused-ring (bicyclic) bond motifs is 2. The van der Waals surface area contributed by atoms with Crippen LogP contribution in [0.15, 0.2) is 59.1 Å². The molecule has 1 N–H and O–H groups in total. The van der Waals surface area contributed by atoms with E-state index in [-0.39, 0.29) is 6.04 Å². The summed E-state index contributed by atoms with van der Waals surface area (Å²) < 4.78 is 1.13. The van der Waals surface area contributed by atoms with Gasteiger partial charge in [0.25, 0.3) is 0 Å². The van der Waals surface area contributed by atoms with Crippen LogP contribution in [0.5, 0.6) is 0 Å². The van der Waals surface area contributed by atoms with E-state index in [0.717, 1.165) is 17.4 Å². The van der Waals surface area contributed by atoms with Crippen LogP contribution in [0, 0.1) is 6.92 Å². The molecule has 1 atom stereocenters. The zero-order valence-electron chi connectivity index (χ0n) is 12.6. The molecule has 4 rings (SSSR count). The van der Waals surface area contributed by atoms with Crippen LogP contribution in [0.25, 0.3) is 10.8 Å². The highest BCUT2D eigenvalue weighted by atomic mass is 79.9. The standard InChI is InChI=1S/C20H18BrN/c1-13-6-7-15-12-16(21)8-9-17(15)19(13)20-18-5-3-2-4-14(18)10-11-22-20/h2-9,12,20,22H,10-11H2,1H3. The Labute approximate surface area is 139 Å². The normalized spacial score (nSPS) is 17.5. The van der Waals surface area contributed by atoms with Crippen LogP contribution < -0.4 is 5.32 Å². The minimum Gasteiger partial charge on any atom is -0.306 e.